The zero-order valence-electron chi connectivity index (χ0n) is 15.5. The number of aromatic nitrogens is 3. The average Bonchev–Trinajstić information content (AvgIpc) is 3.38. The maximum atomic E-state index is 13.3. The van der Waals surface area contributed by atoms with Crippen LogP contribution in [0.5, 0.6) is 0 Å². The van der Waals surface area contributed by atoms with Crippen molar-refractivity contribution in [3.05, 3.63) is 69.2 Å². The first-order chi connectivity index (χ1) is 14.4. The second kappa shape index (κ2) is 8.19. The number of carbonyl (C=O) groups is 1. The first-order valence-electron chi connectivity index (χ1n) is 9.06. The minimum atomic E-state index is -0.590. The minimum absolute atomic E-state index is 0.0257. The lowest BCUT2D eigenvalue weighted by atomic mass is 10.1. The van der Waals surface area contributed by atoms with E-state index in [9.17, 15) is 23.7 Å². The largest absolute Gasteiger partial charge is 0.342 e. The molecule has 0 bridgehead atoms. The van der Waals surface area contributed by atoms with Gasteiger partial charge in [0.25, 0.3) is 5.69 Å². The van der Waals surface area contributed by atoms with Crippen LogP contribution in [0.1, 0.15) is 23.9 Å². The van der Waals surface area contributed by atoms with Gasteiger partial charge in [0.1, 0.15) is 11.5 Å². The van der Waals surface area contributed by atoms with Crippen LogP contribution < -0.4 is 0 Å². The predicted octanol–water partition coefficient (Wildman–Crippen LogP) is 3.35. The Labute approximate surface area is 173 Å². The number of carbonyl (C=O) groups excluding carboxylic acids is 1. The van der Waals surface area contributed by atoms with E-state index in [0.29, 0.717) is 35.9 Å². The molecular weight excluding hydrogens is 416 g/mol. The van der Waals surface area contributed by atoms with E-state index in [1.165, 1.54) is 24.3 Å². The lowest BCUT2D eigenvalue weighted by Crippen LogP contribution is -2.30. The molecule has 11 heteroatoms. The van der Waals surface area contributed by atoms with E-state index in [2.05, 4.69) is 15.0 Å². The molecule has 1 unspecified atom stereocenters. The lowest BCUT2D eigenvalue weighted by Gasteiger charge is -2.16. The van der Waals surface area contributed by atoms with Gasteiger partial charge in [-0.15, -0.1) is 11.3 Å². The van der Waals surface area contributed by atoms with Crippen molar-refractivity contribution in [3.63, 3.8) is 0 Å². The number of thiophene rings is 1. The van der Waals surface area contributed by atoms with Crippen LogP contribution in [0.4, 0.5) is 14.5 Å². The molecule has 3 aromatic heterocycles. The molecule has 154 valence electrons. The first-order valence-corrected chi connectivity index (χ1v) is 9.87. The molecule has 4 rings (SSSR count). The lowest BCUT2D eigenvalue weighted by molar-refractivity contribution is -0.385. The quantitative estimate of drug-likeness (QED) is 0.454. The van der Waals surface area contributed by atoms with Crippen molar-refractivity contribution >= 4 is 22.9 Å². The third-order valence-corrected chi connectivity index (χ3v) is 5.73. The second-order valence-corrected chi connectivity index (χ2v) is 7.82. The third-order valence-electron chi connectivity index (χ3n) is 4.84. The van der Waals surface area contributed by atoms with Gasteiger partial charge in [0, 0.05) is 25.1 Å². The molecule has 30 heavy (non-hydrogen) atoms. The van der Waals surface area contributed by atoms with Crippen molar-refractivity contribution < 1.29 is 18.5 Å². The summed E-state index contributed by atoms with van der Waals surface area (Å²) in [6.45, 7) is 0.780. The molecule has 0 aliphatic carbocycles. The van der Waals surface area contributed by atoms with Crippen molar-refractivity contribution in [2.45, 2.75) is 18.8 Å². The highest BCUT2D eigenvalue weighted by atomic mass is 32.1. The molecule has 1 aliphatic heterocycles. The fourth-order valence-electron chi connectivity index (χ4n) is 3.37. The highest BCUT2D eigenvalue weighted by Crippen LogP contribution is 2.30. The highest BCUT2D eigenvalue weighted by molar-refractivity contribution is 7.13. The summed E-state index contributed by atoms with van der Waals surface area (Å²) in [5.41, 5.74) is 0.135. The smallest absolute Gasteiger partial charge is 0.291 e. The molecule has 8 nitrogen and oxygen atoms in total. The number of halogens is 2. The number of hydrogen-bond donors (Lipinski definition) is 0. The molecule has 0 radical (unpaired) electrons. The van der Waals surface area contributed by atoms with Gasteiger partial charge in [-0.2, -0.15) is 4.39 Å². The Kier molecular flexibility index (Phi) is 5.44. The number of rotatable bonds is 5. The van der Waals surface area contributed by atoms with Crippen LogP contribution in [-0.2, 0) is 11.2 Å². The molecule has 3 aromatic rings. The second-order valence-electron chi connectivity index (χ2n) is 6.78. The summed E-state index contributed by atoms with van der Waals surface area (Å²) in [4.78, 5) is 37.9. The Morgan fingerprint density at radius 1 is 1.23 bits per heavy atom. The molecule has 0 spiro atoms. The van der Waals surface area contributed by atoms with E-state index >= 15 is 0 Å². The molecule has 1 amide bonds. The van der Waals surface area contributed by atoms with Gasteiger partial charge in [-0.25, -0.2) is 19.3 Å². The van der Waals surface area contributed by atoms with Gasteiger partial charge in [0.05, 0.1) is 34.3 Å². The molecule has 1 atom stereocenters. The molecular formula is C19H15F2N5O3S. The van der Waals surface area contributed by atoms with Gasteiger partial charge in [-0.3, -0.25) is 14.9 Å². The van der Waals surface area contributed by atoms with Crippen LogP contribution in [0.25, 0.3) is 10.6 Å². The first kappa shape index (κ1) is 20.0. The van der Waals surface area contributed by atoms with E-state index in [4.69, 9.17) is 0 Å². The van der Waals surface area contributed by atoms with Gasteiger partial charge in [-0.1, -0.05) is 0 Å². The molecule has 0 N–H and O–H groups in total. The molecule has 1 aliphatic rings. The van der Waals surface area contributed by atoms with Crippen molar-refractivity contribution in [3.8, 4) is 10.6 Å². The summed E-state index contributed by atoms with van der Waals surface area (Å²) < 4.78 is 26.3. The maximum Gasteiger partial charge on any atom is 0.291 e. The maximum absolute atomic E-state index is 13.3. The number of nitrogens with zero attached hydrogens (tertiary/aromatic N) is 5. The van der Waals surface area contributed by atoms with Crippen molar-refractivity contribution in [2.24, 2.45) is 0 Å². The Balaban J connectivity index is 1.52. The number of pyridine rings is 1. The fourth-order valence-corrected chi connectivity index (χ4v) is 4.07. The fraction of sp³-hybridized carbons (Fsp3) is 0.263. The molecule has 4 heterocycles. The Hall–Kier alpha value is -3.34. The van der Waals surface area contributed by atoms with Crippen LogP contribution in [0.2, 0.25) is 0 Å². The molecule has 0 saturated carbocycles. The topological polar surface area (TPSA) is 102 Å². The van der Waals surface area contributed by atoms with E-state index in [-0.39, 0.29) is 29.6 Å². The van der Waals surface area contributed by atoms with Crippen molar-refractivity contribution in [1.82, 2.24) is 19.9 Å². The Bertz CT molecular complexity index is 1110. The summed E-state index contributed by atoms with van der Waals surface area (Å²) in [6, 6.07) is 5.54. The Morgan fingerprint density at radius 3 is 2.67 bits per heavy atom. The van der Waals surface area contributed by atoms with E-state index in [0.717, 1.165) is 23.7 Å². The molecule has 0 aromatic carbocycles. The summed E-state index contributed by atoms with van der Waals surface area (Å²) in [7, 11) is 0. The van der Waals surface area contributed by atoms with Gasteiger partial charge >= 0.3 is 0 Å². The van der Waals surface area contributed by atoms with Gasteiger partial charge < -0.3 is 4.90 Å². The normalized spacial score (nSPS) is 16.1. The Morgan fingerprint density at radius 2 is 2.00 bits per heavy atom. The van der Waals surface area contributed by atoms with E-state index in [1.807, 2.05) is 0 Å². The van der Waals surface area contributed by atoms with Crippen LogP contribution in [0.3, 0.4) is 0 Å². The van der Waals surface area contributed by atoms with Crippen LogP contribution in [-0.4, -0.2) is 43.8 Å². The average molecular weight is 431 g/mol. The minimum Gasteiger partial charge on any atom is -0.342 e. The van der Waals surface area contributed by atoms with Crippen LogP contribution in [0.15, 0.2) is 36.7 Å². The monoisotopic (exact) mass is 431 g/mol. The number of nitro groups is 1. The standard InChI is InChI=1S/C19H15F2N5O3S/c20-12-8-22-19(23-9-12)11-5-6-25(10-11)18(27)7-14-15(26(28)29)2-1-13(24-14)16-3-4-17(21)30-16/h1-4,8-9,11H,5-7,10H2. The number of likely N-dealkylation sites (tertiary alicyclic amines) is 1. The molecule has 1 saturated heterocycles. The van der Waals surface area contributed by atoms with E-state index < -0.39 is 15.9 Å². The molecule has 1 fully saturated rings. The summed E-state index contributed by atoms with van der Waals surface area (Å²) in [5.74, 6) is -0.520. The highest BCUT2D eigenvalue weighted by Gasteiger charge is 2.30. The zero-order chi connectivity index (χ0) is 21.3. The summed E-state index contributed by atoms with van der Waals surface area (Å²) >= 11 is 0.872. The predicted molar refractivity (Wildman–Crippen MR) is 104 cm³/mol. The number of amides is 1. The van der Waals surface area contributed by atoms with Crippen LogP contribution >= 0.6 is 11.3 Å². The number of hydrogen-bond acceptors (Lipinski definition) is 7. The van der Waals surface area contributed by atoms with Crippen molar-refractivity contribution in [2.75, 3.05) is 13.1 Å². The summed E-state index contributed by atoms with van der Waals surface area (Å²) in [6.07, 6.45) is 2.52. The SMILES string of the molecule is O=C(Cc1nc(-c2ccc(F)s2)ccc1[N+](=O)[O-])N1CCC(c2ncc(F)cn2)C1. The summed E-state index contributed by atoms with van der Waals surface area (Å²) in [5, 5.41) is 11.0. The third kappa shape index (κ3) is 4.15. The van der Waals surface area contributed by atoms with Gasteiger partial charge in [0.2, 0.25) is 5.91 Å². The zero-order valence-corrected chi connectivity index (χ0v) is 16.3. The van der Waals surface area contributed by atoms with Gasteiger partial charge in [-0.05, 0) is 24.6 Å². The van der Waals surface area contributed by atoms with Crippen LogP contribution in [0, 0.1) is 21.1 Å². The van der Waals surface area contributed by atoms with Crippen molar-refractivity contribution in [1.29, 1.82) is 0 Å². The van der Waals surface area contributed by atoms with Gasteiger partial charge in [0.15, 0.2) is 10.9 Å². The van der Waals surface area contributed by atoms with E-state index in [1.54, 1.807) is 4.90 Å².